The molecular weight excluding hydrogens is 220 g/mol. The monoisotopic (exact) mass is 244 g/mol. The maximum Gasteiger partial charge on any atom is 0.0977 e. The molecular formula is C17H24O. The molecule has 1 unspecified atom stereocenters. The minimum atomic E-state index is -0.513. The van der Waals surface area contributed by atoms with E-state index >= 15 is 0 Å². The molecule has 0 radical (unpaired) electrons. The fourth-order valence-electron chi connectivity index (χ4n) is 1.80. The SMILES string of the molecule is CCCC/C=C(C)/C(C)=C/C(O)c1ccccc1. The Labute approximate surface area is 111 Å². The smallest absolute Gasteiger partial charge is 0.0977 e. The third-order valence-corrected chi connectivity index (χ3v) is 3.18. The van der Waals surface area contributed by atoms with Crippen molar-refractivity contribution < 1.29 is 5.11 Å². The minimum absolute atomic E-state index is 0.513. The zero-order chi connectivity index (χ0) is 13.4. The first kappa shape index (κ1) is 14.7. The average molecular weight is 244 g/mol. The highest BCUT2D eigenvalue weighted by molar-refractivity contribution is 5.31. The van der Waals surface area contributed by atoms with Crippen molar-refractivity contribution in [2.75, 3.05) is 0 Å². The summed E-state index contributed by atoms with van der Waals surface area (Å²) in [4.78, 5) is 0. The minimum Gasteiger partial charge on any atom is -0.384 e. The Hall–Kier alpha value is -1.34. The summed E-state index contributed by atoms with van der Waals surface area (Å²) in [5, 5.41) is 10.1. The predicted octanol–water partition coefficient (Wildman–Crippen LogP) is 4.80. The summed E-state index contributed by atoms with van der Waals surface area (Å²) in [7, 11) is 0. The van der Waals surface area contributed by atoms with Gasteiger partial charge in [-0.05, 0) is 37.5 Å². The lowest BCUT2D eigenvalue weighted by Crippen LogP contribution is -1.94. The summed E-state index contributed by atoms with van der Waals surface area (Å²) in [5.74, 6) is 0. The summed E-state index contributed by atoms with van der Waals surface area (Å²) in [6.07, 6.45) is 7.24. The molecule has 1 N–H and O–H groups in total. The van der Waals surface area contributed by atoms with Gasteiger partial charge in [-0.3, -0.25) is 0 Å². The number of hydrogen-bond donors (Lipinski definition) is 1. The number of rotatable bonds is 6. The molecule has 98 valence electrons. The summed E-state index contributed by atoms with van der Waals surface area (Å²) < 4.78 is 0. The highest BCUT2D eigenvalue weighted by atomic mass is 16.3. The molecule has 0 bridgehead atoms. The van der Waals surface area contributed by atoms with Crippen LogP contribution in [0.1, 0.15) is 51.7 Å². The van der Waals surface area contributed by atoms with E-state index in [1.807, 2.05) is 36.4 Å². The normalized spacial score (nSPS) is 14.7. The topological polar surface area (TPSA) is 20.2 Å². The largest absolute Gasteiger partial charge is 0.384 e. The van der Waals surface area contributed by atoms with E-state index in [1.165, 1.54) is 18.4 Å². The first-order valence-electron chi connectivity index (χ1n) is 6.73. The molecule has 1 atom stereocenters. The second-order valence-corrected chi connectivity index (χ2v) is 4.73. The summed E-state index contributed by atoms with van der Waals surface area (Å²) in [6.45, 7) is 6.37. The van der Waals surface area contributed by atoms with Crippen molar-refractivity contribution in [2.24, 2.45) is 0 Å². The van der Waals surface area contributed by atoms with Crippen molar-refractivity contribution in [3.8, 4) is 0 Å². The van der Waals surface area contributed by atoms with Gasteiger partial charge in [0.15, 0.2) is 0 Å². The van der Waals surface area contributed by atoms with Crippen LogP contribution in [-0.4, -0.2) is 5.11 Å². The predicted molar refractivity (Wildman–Crippen MR) is 78.4 cm³/mol. The average Bonchev–Trinajstić information content (AvgIpc) is 2.39. The Morgan fingerprint density at radius 2 is 1.83 bits per heavy atom. The molecule has 0 aromatic heterocycles. The molecule has 0 heterocycles. The van der Waals surface area contributed by atoms with Crippen molar-refractivity contribution in [3.63, 3.8) is 0 Å². The highest BCUT2D eigenvalue weighted by Gasteiger charge is 2.04. The Morgan fingerprint density at radius 3 is 2.44 bits per heavy atom. The molecule has 1 aromatic carbocycles. The molecule has 0 spiro atoms. The second-order valence-electron chi connectivity index (χ2n) is 4.73. The standard InChI is InChI=1S/C17H24O/c1-4-5-7-10-14(2)15(3)13-17(18)16-11-8-6-9-12-16/h6,8-13,17-18H,4-5,7H2,1-3H3/b14-10+,15-13+. The van der Waals surface area contributed by atoms with E-state index in [-0.39, 0.29) is 0 Å². The van der Waals surface area contributed by atoms with E-state index in [0.29, 0.717) is 0 Å². The summed E-state index contributed by atoms with van der Waals surface area (Å²) >= 11 is 0. The lowest BCUT2D eigenvalue weighted by atomic mass is 10.0. The van der Waals surface area contributed by atoms with Gasteiger partial charge in [0, 0.05) is 0 Å². The molecule has 0 aliphatic carbocycles. The number of aliphatic hydroxyl groups is 1. The molecule has 0 aliphatic rings. The van der Waals surface area contributed by atoms with Gasteiger partial charge >= 0.3 is 0 Å². The maximum atomic E-state index is 10.1. The quantitative estimate of drug-likeness (QED) is 0.563. The molecule has 0 saturated heterocycles. The fourth-order valence-corrected chi connectivity index (χ4v) is 1.80. The van der Waals surface area contributed by atoms with E-state index in [1.54, 1.807) is 0 Å². The third-order valence-electron chi connectivity index (χ3n) is 3.18. The van der Waals surface area contributed by atoms with Crippen LogP contribution in [0.15, 0.2) is 53.6 Å². The highest BCUT2D eigenvalue weighted by Crippen LogP contribution is 2.19. The molecule has 1 aromatic rings. The van der Waals surface area contributed by atoms with Gasteiger partial charge in [0.05, 0.1) is 6.10 Å². The molecule has 1 heteroatoms. The third kappa shape index (κ3) is 4.89. The van der Waals surface area contributed by atoms with Gasteiger partial charge in [0.2, 0.25) is 0 Å². The summed E-state index contributed by atoms with van der Waals surface area (Å²) in [5.41, 5.74) is 3.36. The number of aliphatic hydroxyl groups excluding tert-OH is 1. The second kappa shape index (κ2) is 7.88. The lowest BCUT2D eigenvalue weighted by Gasteiger charge is -2.09. The molecule has 1 rings (SSSR count). The number of allylic oxidation sites excluding steroid dienone is 3. The maximum absolute atomic E-state index is 10.1. The van der Waals surface area contributed by atoms with Crippen molar-refractivity contribution in [1.29, 1.82) is 0 Å². The zero-order valence-electron chi connectivity index (χ0n) is 11.7. The Morgan fingerprint density at radius 1 is 1.17 bits per heavy atom. The van der Waals surface area contributed by atoms with Crippen LogP contribution in [0.4, 0.5) is 0 Å². The lowest BCUT2D eigenvalue weighted by molar-refractivity contribution is 0.228. The molecule has 0 amide bonds. The van der Waals surface area contributed by atoms with Gasteiger partial charge in [-0.1, -0.05) is 61.7 Å². The van der Waals surface area contributed by atoms with Gasteiger partial charge < -0.3 is 5.11 Å². The fraction of sp³-hybridized carbons (Fsp3) is 0.412. The first-order chi connectivity index (χ1) is 8.65. The van der Waals surface area contributed by atoms with Crippen molar-refractivity contribution in [1.82, 2.24) is 0 Å². The number of unbranched alkanes of at least 4 members (excludes halogenated alkanes) is 2. The van der Waals surface area contributed by atoms with Crippen LogP contribution in [0, 0.1) is 0 Å². The van der Waals surface area contributed by atoms with E-state index in [9.17, 15) is 5.11 Å². The van der Waals surface area contributed by atoms with Gasteiger partial charge in [-0.15, -0.1) is 0 Å². The van der Waals surface area contributed by atoms with E-state index in [0.717, 1.165) is 17.6 Å². The van der Waals surface area contributed by atoms with Crippen molar-refractivity contribution in [2.45, 2.75) is 46.1 Å². The van der Waals surface area contributed by atoms with Crippen LogP contribution >= 0.6 is 0 Å². The summed E-state index contributed by atoms with van der Waals surface area (Å²) in [6, 6.07) is 9.76. The Kier molecular flexibility index (Phi) is 6.45. The molecule has 0 fully saturated rings. The molecule has 18 heavy (non-hydrogen) atoms. The zero-order valence-corrected chi connectivity index (χ0v) is 11.7. The van der Waals surface area contributed by atoms with Crippen molar-refractivity contribution in [3.05, 3.63) is 59.2 Å². The number of benzene rings is 1. The van der Waals surface area contributed by atoms with Crippen LogP contribution in [-0.2, 0) is 0 Å². The van der Waals surface area contributed by atoms with E-state index < -0.39 is 6.10 Å². The number of hydrogen-bond acceptors (Lipinski definition) is 1. The Bertz CT molecular complexity index is 401. The molecule has 0 saturated carbocycles. The van der Waals surface area contributed by atoms with Gasteiger partial charge in [-0.2, -0.15) is 0 Å². The van der Waals surface area contributed by atoms with Gasteiger partial charge in [0.25, 0.3) is 0 Å². The van der Waals surface area contributed by atoms with E-state index in [2.05, 4.69) is 26.8 Å². The van der Waals surface area contributed by atoms with Gasteiger partial charge in [0.1, 0.15) is 0 Å². The van der Waals surface area contributed by atoms with Crippen LogP contribution < -0.4 is 0 Å². The van der Waals surface area contributed by atoms with Crippen LogP contribution in [0.2, 0.25) is 0 Å². The van der Waals surface area contributed by atoms with Crippen LogP contribution in [0.5, 0.6) is 0 Å². The van der Waals surface area contributed by atoms with Gasteiger partial charge in [-0.25, -0.2) is 0 Å². The van der Waals surface area contributed by atoms with Crippen LogP contribution in [0.25, 0.3) is 0 Å². The van der Waals surface area contributed by atoms with Crippen molar-refractivity contribution >= 4 is 0 Å². The van der Waals surface area contributed by atoms with E-state index in [4.69, 9.17) is 0 Å². The first-order valence-corrected chi connectivity index (χ1v) is 6.73. The molecule has 1 nitrogen and oxygen atoms in total. The molecule has 0 aliphatic heterocycles. The van der Waals surface area contributed by atoms with Crippen LogP contribution in [0.3, 0.4) is 0 Å². The Balaban J connectivity index is 2.68.